The molecule has 9 aromatic rings. The smallest absolute Gasteiger partial charge is 0.159 e. The molecule has 0 amide bonds. The molecule has 7 aromatic carbocycles. The summed E-state index contributed by atoms with van der Waals surface area (Å²) in [6.07, 6.45) is 0. The Balaban J connectivity index is 1.60. The van der Waals surface area contributed by atoms with Crippen LogP contribution in [0, 0.1) is 0 Å². The number of nitrogens with zero attached hydrogens (tertiary/aromatic N) is 1. The van der Waals surface area contributed by atoms with E-state index in [0.717, 1.165) is 27.6 Å². The van der Waals surface area contributed by atoms with Crippen LogP contribution < -0.4 is 0 Å². The molecule has 0 saturated heterocycles. The Morgan fingerprint density at radius 3 is 1.95 bits per heavy atom. The zero-order chi connectivity index (χ0) is 24.8. The highest BCUT2D eigenvalue weighted by Gasteiger charge is 2.22. The van der Waals surface area contributed by atoms with Crippen molar-refractivity contribution in [3.8, 4) is 5.69 Å². The lowest BCUT2D eigenvalue weighted by molar-refractivity contribution is 0.666. The van der Waals surface area contributed by atoms with Gasteiger partial charge in [-0.2, -0.15) is 0 Å². The summed E-state index contributed by atoms with van der Waals surface area (Å²) >= 11 is 0. The third-order valence-corrected chi connectivity index (χ3v) is 8.15. The van der Waals surface area contributed by atoms with Crippen molar-refractivity contribution in [3.63, 3.8) is 0 Å². The highest BCUT2D eigenvalue weighted by molar-refractivity contribution is 6.36. The van der Waals surface area contributed by atoms with Crippen molar-refractivity contribution in [1.29, 1.82) is 0 Å². The molecule has 0 aliphatic rings. The zero-order valence-corrected chi connectivity index (χ0v) is 20.5. The summed E-state index contributed by atoms with van der Waals surface area (Å²) in [6, 6.07) is 45.8. The minimum atomic E-state index is 0.914. The van der Waals surface area contributed by atoms with Gasteiger partial charge in [0.15, 0.2) is 5.58 Å². The fraction of sp³-hybridized carbons (Fsp3) is 0. The van der Waals surface area contributed by atoms with Crippen LogP contribution in [-0.4, -0.2) is 4.57 Å². The molecule has 0 saturated carbocycles. The third kappa shape index (κ3) is 2.47. The number of hydrogen-bond donors (Lipinski definition) is 0. The predicted molar refractivity (Wildman–Crippen MR) is 161 cm³/mol. The van der Waals surface area contributed by atoms with Gasteiger partial charge in [-0.15, -0.1) is 0 Å². The monoisotopic (exact) mass is 483 g/mol. The topological polar surface area (TPSA) is 18.1 Å². The Morgan fingerprint density at radius 1 is 0.421 bits per heavy atom. The molecule has 2 aromatic heterocycles. The molecule has 38 heavy (non-hydrogen) atoms. The van der Waals surface area contributed by atoms with Crippen LogP contribution in [0.3, 0.4) is 0 Å². The van der Waals surface area contributed by atoms with E-state index in [1.165, 1.54) is 54.1 Å². The first kappa shape index (κ1) is 20.0. The minimum Gasteiger partial charge on any atom is -0.454 e. The number of rotatable bonds is 1. The van der Waals surface area contributed by atoms with E-state index in [0.29, 0.717) is 0 Å². The minimum absolute atomic E-state index is 0.914. The van der Waals surface area contributed by atoms with Crippen LogP contribution in [0.15, 0.2) is 132 Å². The molecular formula is C36H21NO. The Bertz CT molecular complexity index is 2400. The lowest BCUT2D eigenvalue weighted by atomic mass is 9.93. The first-order valence-electron chi connectivity index (χ1n) is 13.0. The molecule has 0 radical (unpaired) electrons. The van der Waals surface area contributed by atoms with Crippen molar-refractivity contribution >= 4 is 76.1 Å². The number of para-hydroxylation sites is 3. The van der Waals surface area contributed by atoms with Crippen LogP contribution in [-0.2, 0) is 0 Å². The predicted octanol–water partition coefficient (Wildman–Crippen LogP) is 10.1. The van der Waals surface area contributed by atoms with Gasteiger partial charge in [0, 0.05) is 26.9 Å². The van der Waals surface area contributed by atoms with Crippen molar-refractivity contribution in [2.45, 2.75) is 0 Å². The van der Waals surface area contributed by atoms with Crippen molar-refractivity contribution in [2.75, 3.05) is 0 Å². The number of aromatic nitrogens is 1. The molecule has 2 heterocycles. The second kappa shape index (κ2) is 7.24. The normalized spacial score (nSPS) is 12.2. The van der Waals surface area contributed by atoms with E-state index in [9.17, 15) is 0 Å². The molecule has 0 spiro atoms. The standard InChI is InChI=1S/C36H21NO/c1-2-11-23-22(10-1)20-21-29-33(23)25-13-3-4-14-26(25)34-28-15-5-7-17-30(28)37(35(29)34)31-18-9-16-27-24-12-6-8-19-32(24)38-36(27)31/h1-21H. The lowest BCUT2D eigenvalue weighted by Gasteiger charge is -2.14. The van der Waals surface area contributed by atoms with E-state index in [1.807, 2.05) is 6.07 Å². The van der Waals surface area contributed by atoms with Gasteiger partial charge in [-0.05, 0) is 45.1 Å². The molecule has 0 atom stereocenters. The highest BCUT2D eigenvalue weighted by Crippen LogP contribution is 2.45. The van der Waals surface area contributed by atoms with Crippen molar-refractivity contribution < 1.29 is 4.42 Å². The fourth-order valence-corrected chi connectivity index (χ4v) is 6.60. The summed E-state index contributed by atoms with van der Waals surface area (Å²) in [5.74, 6) is 0. The Kier molecular flexibility index (Phi) is 3.82. The van der Waals surface area contributed by atoms with Gasteiger partial charge in [-0.3, -0.25) is 0 Å². The largest absolute Gasteiger partial charge is 0.454 e. The average molecular weight is 484 g/mol. The summed E-state index contributed by atoms with van der Waals surface area (Å²) < 4.78 is 8.98. The maximum absolute atomic E-state index is 6.55. The molecule has 0 aliphatic heterocycles. The molecule has 0 bridgehead atoms. The van der Waals surface area contributed by atoms with E-state index >= 15 is 0 Å². The quantitative estimate of drug-likeness (QED) is 0.212. The molecule has 0 N–H and O–H groups in total. The van der Waals surface area contributed by atoms with E-state index in [-0.39, 0.29) is 0 Å². The number of hydrogen-bond acceptors (Lipinski definition) is 1. The van der Waals surface area contributed by atoms with Crippen LogP contribution >= 0.6 is 0 Å². The molecule has 0 fully saturated rings. The van der Waals surface area contributed by atoms with Gasteiger partial charge in [-0.25, -0.2) is 0 Å². The molecular weight excluding hydrogens is 462 g/mol. The Labute approximate surface area is 217 Å². The molecule has 0 unspecified atom stereocenters. The van der Waals surface area contributed by atoms with Crippen LogP contribution in [0.2, 0.25) is 0 Å². The van der Waals surface area contributed by atoms with E-state index < -0.39 is 0 Å². The average Bonchev–Trinajstić information content (AvgIpc) is 3.53. The molecule has 176 valence electrons. The zero-order valence-electron chi connectivity index (χ0n) is 20.5. The summed E-state index contributed by atoms with van der Waals surface area (Å²) in [7, 11) is 0. The van der Waals surface area contributed by atoms with Gasteiger partial charge < -0.3 is 8.98 Å². The summed E-state index contributed by atoms with van der Waals surface area (Å²) in [4.78, 5) is 0. The van der Waals surface area contributed by atoms with Crippen LogP contribution in [0.1, 0.15) is 0 Å². The van der Waals surface area contributed by atoms with Crippen LogP contribution in [0.4, 0.5) is 0 Å². The second-order valence-corrected chi connectivity index (χ2v) is 10.1. The van der Waals surface area contributed by atoms with E-state index in [1.54, 1.807) is 0 Å². The maximum Gasteiger partial charge on any atom is 0.159 e. The molecule has 0 aliphatic carbocycles. The van der Waals surface area contributed by atoms with Gasteiger partial charge in [0.1, 0.15) is 5.58 Å². The SMILES string of the molecule is c1ccc2c(c1)ccc1c2c2ccccc2c2c3ccccc3n(-c3cccc4c3oc3ccccc34)c12. The molecule has 9 rings (SSSR count). The van der Waals surface area contributed by atoms with Crippen LogP contribution in [0.25, 0.3) is 81.7 Å². The maximum atomic E-state index is 6.55. The first-order valence-corrected chi connectivity index (χ1v) is 13.0. The van der Waals surface area contributed by atoms with Crippen molar-refractivity contribution in [2.24, 2.45) is 0 Å². The van der Waals surface area contributed by atoms with Gasteiger partial charge >= 0.3 is 0 Å². The summed E-state index contributed by atoms with van der Waals surface area (Å²) in [5, 5.41) is 12.5. The highest BCUT2D eigenvalue weighted by atomic mass is 16.3. The molecule has 2 heteroatoms. The number of furan rings is 1. The lowest BCUT2D eigenvalue weighted by Crippen LogP contribution is -1.95. The van der Waals surface area contributed by atoms with Crippen LogP contribution in [0.5, 0.6) is 0 Å². The van der Waals surface area contributed by atoms with Gasteiger partial charge in [0.2, 0.25) is 0 Å². The summed E-state index contributed by atoms with van der Waals surface area (Å²) in [5.41, 5.74) is 5.30. The van der Waals surface area contributed by atoms with Gasteiger partial charge in [-0.1, -0.05) is 109 Å². The van der Waals surface area contributed by atoms with Gasteiger partial charge in [0.25, 0.3) is 0 Å². The Morgan fingerprint density at radius 2 is 1.08 bits per heavy atom. The first-order chi connectivity index (χ1) is 18.9. The summed E-state index contributed by atoms with van der Waals surface area (Å²) in [6.45, 7) is 0. The van der Waals surface area contributed by atoms with Crippen molar-refractivity contribution in [1.82, 2.24) is 4.57 Å². The van der Waals surface area contributed by atoms with E-state index in [4.69, 9.17) is 4.42 Å². The second-order valence-electron chi connectivity index (χ2n) is 10.1. The molecule has 2 nitrogen and oxygen atoms in total. The van der Waals surface area contributed by atoms with Gasteiger partial charge in [0.05, 0.1) is 16.7 Å². The van der Waals surface area contributed by atoms with E-state index in [2.05, 4.69) is 126 Å². The Hall–Kier alpha value is -5.08. The number of benzene rings is 7. The van der Waals surface area contributed by atoms with Crippen molar-refractivity contribution in [3.05, 3.63) is 127 Å². The number of fused-ring (bicyclic) bond motifs is 13. The third-order valence-electron chi connectivity index (χ3n) is 8.15. The fourth-order valence-electron chi connectivity index (χ4n) is 6.60.